The van der Waals surface area contributed by atoms with Crippen molar-refractivity contribution in [1.82, 2.24) is 10.2 Å². The first kappa shape index (κ1) is 14.5. The van der Waals surface area contributed by atoms with Crippen LogP contribution in [0, 0.1) is 0 Å². The zero-order valence-corrected chi connectivity index (χ0v) is 11.4. The van der Waals surface area contributed by atoms with Gasteiger partial charge >= 0.3 is 5.97 Å². The number of hydrogen-bond donors (Lipinski definition) is 2. The molecule has 1 aromatic carbocycles. The van der Waals surface area contributed by atoms with Crippen LogP contribution in [0.5, 0.6) is 0 Å². The second-order valence-corrected chi connectivity index (χ2v) is 5.00. The van der Waals surface area contributed by atoms with Gasteiger partial charge in [0.25, 0.3) is 0 Å². The Morgan fingerprint density at radius 2 is 2.05 bits per heavy atom. The quantitative estimate of drug-likeness (QED) is 0.757. The van der Waals surface area contributed by atoms with Gasteiger partial charge in [0.1, 0.15) is 6.04 Å². The highest BCUT2D eigenvalue weighted by Crippen LogP contribution is 2.17. The van der Waals surface area contributed by atoms with Gasteiger partial charge in [0.2, 0.25) is 5.91 Å². The summed E-state index contributed by atoms with van der Waals surface area (Å²) in [4.78, 5) is 24.5. The highest BCUT2D eigenvalue weighted by atomic mass is 16.4. The maximum Gasteiger partial charge on any atom is 0.326 e. The largest absolute Gasteiger partial charge is 0.480 e. The Bertz CT molecular complexity index is 461. The van der Waals surface area contributed by atoms with Crippen LogP contribution in [0.2, 0.25) is 0 Å². The second kappa shape index (κ2) is 7.05. The van der Waals surface area contributed by atoms with Crippen molar-refractivity contribution in [2.24, 2.45) is 0 Å². The van der Waals surface area contributed by atoms with Gasteiger partial charge in [0.05, 0.1) is 6.54 Å². The van der Waals surface area contributed by atoms with Crippen LogP contribution in [0.4, 0.5) is 0 Å². The van der Waals surface area contributed by atoms with Crippen molar-refractivity contribution in [3.63, 3.8) is 0 Å². The van der Waals surface area contributed by atoms with Crippen LogP contribution in [-0.4, -0.2) is 47.6 Å². The number of hydrogen-bond acceptors (Lipinski definition) is 3. The summed E-state index contributed by atoms with van der Waals surface area (Å²) < 4.78 is 0. The molecular formula is C15H20N2O3. The molecule has 0 radical (unpaired) electrons. The van der Waals surface area contributed by atoms with Gasteiger partial charge in [0.15, 0.2) is 0 Å². The van der Waals surface area contributed by atoms with Crippen molar-refractivity contribution in [3.05, 3.63) is 35.9 Å². The third kappa shape index (κ3) is 3.81. The lowest BCUT2D eigenvalue weighted by Gasteiger charge is -2.21. The number of aliphatic carboxylic acids is 1. The lowest BCUT2D eigenvalue weighted by molar-refractivity contribution is -0.147. The molecule has 1 aliphatic heterocycles. The number of carbonyl (C=O) groups excluding carboxylic acids is 1. The van der Waals surface area contributed by atoms with Crippen molar-refractivity contribution in [2.45, 2.75) is 25.3 Å². The van der Waals surface area contributed by atoms with Gasteiger partial charge in [-0.2, -0.15) is 0 Å². The minimum Gasteiger partial charge on any atom is -0.480 e. The molecule has 5 heteroatoms. The Kier molecular flexibility index (Phi) is 5.12. The average molecular weight is 276 g/mol. The van der Waals surface area contributed by atoms with Crippen LogP contribution in [0.1, 0.15) is 18.4 Å². The summed E-state index contributed by atoms with van der Waals surface area (Å²) in [5.74, 6) is -1.02. The molecule has 2 N–H and O–H groups in total. The molecular weight excluding hydrogens is 256 g/mol. The number of nitrogens with one attached hydrogen (secondary N) is 1. The van der Waals surface area contributed by atoms with Crippen molar-refractivity contribution >= 4 is 11.9 Å². The molecule has 0 spiro atoms. The minimum atomic E-state index is -0.903. The Morgan fingerprint density at radius 1 is 1.30 bits per heavy atom. The summed E-state index contributed by atoms with van der Waals surface area (Å²) in [5.41, 5.74) is 1.22. The van der Waals surface area contributed by atoms with E-state index in [9.17, 15) is 9.59 Å². The molecule has 1 aromatic rings. The highest BCUT2D eigenvalue weighted by Gasteiger charge is 2.33. The number of amides is 1. The summed E-state index contributed by atoms with van der Waals surface area (Å²) >= 11 is 0. The molecule has 20 heavy (non-hydrogen) atoms. The van der Waals surface area contributed by atoms with E-state index in [0.717, 1.165) is 12.8 Å². The van der Waals surface area contributed by atoms with Gasteiger partial charge in [0, 0.05) is 6.54 Å². The highest BCUT2D eigenvalue weighted by molar-refractivity contribution is 5.85. The van der Waals surface area contributed by atoms with Crippen LogP contribution < -0.4 is 5.32 Å². The first-order valence-electron chi connectivity index (χ1n) is 6.95. The Morgan fingerprint density at radius 3 is 2.75 bits per heavy atom. The smallest absolute Gasteiger partial charge is 0.326 e. The third-order valence-corrected chi connectivity index (χ3v) is 3.57. The topological polar surface area (TPSA) is 69.6 Å². The first-order chi connectivity index (χ1) is 9.68. The molecule has 0 bridgehead atoms. The molecule has 0 aliphatic carbocycles. The van der Waals surface area contributed by atoms with Crippen LogP contribution >= 0.6 is 0 Å². The number of likely N-dealkylation sites (tertiary alicyclic amines) is 1. The van der Waals surface area contributed by atoms with E-state index in [2.05, 4.69) is 5.32 Å². The summed E-state index contributed by atoms with van der Waals surface area (Å²) in [5, 5.41) is 12.1. The molecule has 1 heterocycles. The molecule has 108 valence electrons. The lowest BCUT2D eigenvalue weighted by Crippen LogP contribution is -2.44. The standard InChI is InChI=1S/C15H20N2O3/c18-14(17-10-4-7-13(17)15(19)20)11-16-9-8-12-5-2-1-3-6-12/h1-3,5-6,13,16H,4,7-11H2,(H,19,20)/t13-/m0/s1. The lowest BCUT2D eigenvalue weighted by atomic mass is 10.1. The van der Waals surface area contributed by atoms with E-state index < -0.39 is 12.0 Å². The fourth-order valence-corrected chi connectivity index (χ4v) is 2.50. The van der Waals surface area contributed by atoms with E-state index in [1.54, 1.807) is 0 Å². The number of benzene rings is 1. The zero-order chi connectivity index (χ0) is 14.4. The Hall–Kier alpha value is -1.88. The summed E-state index contributed by atoms with van der Waals surface area (Å²) in [6.07, 6.45) is 2.19. The number of carboxylic acid groups (broad SMARTS) is 1. The Balaban J connectivity index is 1.71. The Labute approximate surface area is 118 Å². The van der Waals surface area contributed by atoms with Crippen LogP contribution in [-0.2, 0) is 16.0 Å². The minimum absolute atomic E-state index is 0.122. The van der Waals surface area contributed by atoms with Crippen molar-refractivity contribution in [2.75, 3.05) is 19.6 Å². The average Bonchev–Trinajstić information content (AvgIpc) is 2.94. The molecule has 1 aliphatic rings. The number of carbonyl (C=O) groups is 2. The summed E-state index contributed by atoms with van der Waals surface area (Å²) in [7, 11) is 0. The molecule has 1 fully saturated rings. The number of rotatable bonds is 6. The molecule has 0 aromatic heterocycles. The molecule has 1 amide bonds. The van der Waals surface area contributed by atoms with Crippen LogP contribution in [0.15, 0.2) is 30.3 Å². The van der Waals surface area contributed by atoms with Crippen LogP contribution in [0.25, 0.3) is 0 Å². The van der Waals surface area contributed by atoms with Gasteiger partial charge in [-0.15, -0.1) is 0 Å². The maximum absolute atomic E-state index is 12.0. The van der Waals surface area contributed by atoms with Gasteiger partial charge < -0.3 is 15.3 Å². The van der Waals surface area contributed by atoms with E-state index in [4.69, 9.17) is 5.11 Å². The van der Waals surface area contributed by atoms with Crippen LogP contribution in [0.3, 0.4) is 0 Å². The van der Waals surface area contributed by atoms with E-state index in [1.165, 1.54) is 10.5 Å². The second-order valence-electron chi connectivity index (χ2n) is 5.00. The molecule has 0 unspecified atom stereocenters. The normalized spacial score (nSPS) is 18.2. The van der Waals surface area contributed by atoms with Gasteiger partial charge in [-0.05, 0) is 31.4 Å². The van der Waals surface area contributed by atoms with Gasteiger partial charge in [-0.1, -0.05) is 30.3 Å². The predicted octanol–water partition coefficient (Wildman–Crippen LogP) is 0.894. The molecule has 0 saturated carbocycles. The molecule has 1 saturated heterocycles. The summed E-state index contributed by atoms with van der Waals surface area (Å²) in [6.45, 7) is 1.47. The fraction of sp³-hybridized carbons (Fsp3) is 0.467. The monoisotopic (exact) mass is 276 g/mol. The van der Waals surface area contributed by atoms with Crippen molar-refractivity contribution in [1.29, 1.82) is 0 Å². The number of carboxylic acids is 1. The SMILES string of the molecule is O=C(O)[C@@H]1CCCN1C(=O)CNCCc1ccccc1. The first-order valence-corrected chi connectivity index (χ1v) is 6.95. The van der Waals surface area contributed by atoms with Gasteiger partial charge in [-0.3, -0.25) is 4.79 Å². The van der Waals surface area contributed by atoms with Gasteiger partial charge in [-0.25, -0.2) is 4.79 Å². The molecule has 5 nitrogen and oxygen atoms in total. The van der Waals surface area contributed by atoms with E-state index in [-0.39, 0.29) is 12.5 Å². The molecule has 1 atom stereocenters. The fourth-order valence-electron chi connectivity index (χ4n) is 2.50. The van der Waals surface area contributed by atoms with E-state index >= 15 is 0 Å². The zero-order valence-electron chi connectivity index (χ0n) is 11.4. The van der Waals surface area contributed by atoms with E-state index in [1.807, 2.05) is 30.3 Å². The number of nitrogens with zero attached hydrogens (tertiary/aromatic N) is 1. The molecule has 2 rings (SSSR count). The predicted molar refractivity (Wildman–Crippen MR) is 75.4 cm³/mol. The van der Waals surface area contributed by atoms with Crippen molar-refractivity contribution < 1.29 is 14.7 Å². The third-order valence-electron chi connectivity index (χ3n) is 3.57. The maximum atomic E-state index is 12.0. The van der Waals surface area contributed by atoms with Crippen molar-refractivity contribution in [3.8, 4) is 0 Å². The summed E-state index contributed by atoms with van der Waals surface area (Å²) in [6, 6.07) is 9.40. The van der Waals surface area contributed by atoms with E-state index in [0.29, 0.717) is 19.5 Å².